The van der Waals surface area contributed by atoms with Crippen molar-refractivity contribution in [2.24, 2.45) is 11.8 Å². The number of aliphatic hydroxyl groups is 1. The Balaban J connectivity index is 1.72. The minimum atomic E-state index is -0.209. The lowest BCUT2D eigenvalue weighted by Crippen LogP contribution is -2.52. The molecular formula is C12H23NO3. The number of aliphatic hydroxyl groups excluding tert-OH is 1. The summed E-state index contributed by atoms with van der Waals surface area (Å²) in [5.41, 5.74) is -0.209. The molecule has 2 fully saturated rings. The van der Waals surface area contributed by atoms with E-state index in [1.165, 1.54) is 12.8 Å². The molecule has 2 rings (SSSR count). The fourth-order valence-electron chi connectivity index (χ4n) is 2.41. The predicted molar refractivity (Wildman–Crippen MR) is 61.3 cm³/mol. The van der Waals surface area contributed by atoms with Gasteiger partial charge < -0.3 is 19.9 Å². The van der Waals surface area contributed by atoms with Crippen LogP contribution in [-0.2, 0) is 9.47 Å². The van der Waals surface area contributed by atoms with Crippen LogP contribution in [0.4, 0.5) is 0 Å². The highest BCUT2D eigenvalue weighted by Gasteiger charge is 2.44. The van der Waals surface area contributed by atoms with Crippen molar-refractivity contribution in [2.45, 2.75) is 24.8 Å². The molecule has 2 N–H and O–H groups in total. The van der Waals surface area contributed by atoms with Gasteiger partial charge in [-0.1, -0.05) is 0 Å². The molecule has 0 aromatic rings. The van der Waals surface area contributed by atoms with Gasteiger partial charge in [0.25, 0.3) is 0 Å². The summed E-state index contributed by atoms with van der Waals surface area (Å²) in [6.07, 6.45) is 3.52. The van der Waals surface area contributed by atoms with Gasteiger partial charge in [-0.05, 0) is 32.2 Å². The summed E-state index contributed by atoms with van der Waals surface area (Å²) in [6, 6.07) is 0. The topological polar surface area (TPSA) is 50.7 Å². The highest BCUT2D eigenvalue weighted by atomic mass is 16.5. The molecule has 94 valence electrons. The number of rotatable bonds is 7. The van der Waals surface area contributed by atoms with E-state index < -0.39 is 0 Å². The highest BCUT2D eigenvalue weighted by Crippen LogP contribution is 2.39. The quantitative estimate of drug-likeness (QED) is 0.663. The van der Waals surface area contributed by atoms with Gasteiger partial charge in [0.05, 0.1) is 32.0 Å². The molecule has 1 saturated carbocycles. The Morgan fingerprint density at radius 2 is 2.25 bits per heavy atom. The number of nitrogens with one attached hydrogen (secondary N) is 1. The second-order valence-corrected chi connectivity index (χ2v) is 5.08. The first-order valence-electron chi connectivity index (χ1n) is 6.26. The Kier molecular flexibility index (Phi) is 4.19. The zero-order valence-corrected chi connectivity index (χ0v) is 10.1. The minimum Gasteiger partial charge on any atom is -0.394 e. The molecule has 0 amide bonds. The summed E-state index contributed by atoms with van der Waals surface area (Å²) in [4.78, 5) is 0. The van der Waals surface area contributed by atoms with E-state index >= 15 is 0 Å². The lowest BCUT2D eigenvalue weighted by molar-refractivity contribution is 0.0119. The predicted octanol–water partition coefficient (Wildman–Crippen LogP) is 0.400. The molecule has 0 aromatic heterocycles. The van der Waals surface area contributed by atoms with E-state index in [4.69, 9.17) is 9.47 Å². The molecule has 0 bridgehead atoms. The fraction of sp³-hybridized carbons (Fsp3) is 1.00. The van der Waals surface area contributed by atoms with Gasteiger partial charge in [-0.3, -0.25) is 0 Å². The molecule has 4 nitrogen and oxygen atoms in total. The molecule has 1 aliphatic carbocycles. The Labute approximate surface area is 97.3 Å². The van der Waals surface area contributed by atoms with Crippen LogP contribution in [0.15, 0.2) is 0 Å². The van der Waals surface area contributed by atoms with E-state index in [-0.39, 0.29) is 12.1 Å². The van der Waals surface area contributed by atoms with Gasteiger partial charge in [-0.15, -0.1) is 0 Å². The summed E-state index contributed by atoms with van der Waals surface area (Å²) in [5.74, 6) is 1.13. The van der Waals surface area contributed by atoms with Crippen LogP contribution in [0.2, 0.25) is 0 Å². The van der Waals surface area contributed by atoms with Crippen LogP contribution in [0.3, 0.4) is 0 Å². The van der Waals surface area contributed by atoms with Crippen LogP contribution < -0.4 is 5.32 Å². The molecule has 0 radical (unpaired) electrons. The summed E-state index contributed by atoms with van der Waals surface area (Å²) in [5, 5.41) is 12.8. The molecule has 2 atom stereocenters. The fourth-order valence-corrected chi connectivity index (χ4v) is 2.41. The second-order valence-electron chi connectivity index (χ2n) is 5.08. The van der Waals surface area contributed by atoms with Gasteiger partial charge in [0.1, 0.15) is 0 Å². The molecule has 2 unspecified atom stereocenters. The first-order valence-corrected chi connectivity index (χ1v) is 6.26. The van der Waals surface area contributed by atoms with Crippen LogP contribution in [0.5, 0.6) is 0 Å². The maximum atomic E-state index is 9.51. The Bertz CT molecular complexity index is 208. The third kappa shape index (κ3) is 2.74. The van der Waals surface area contributed by atoms with Gasteiger partial charge >= 0.3 is 0 Å². The monoisotopic (exact) mass is 229 g/mol. The lowest BCUT2D eigenvalue weighted by Gasteiger charge is -2.31. The third-order valence-corrected chi connectivity index (χ3v) is 3.88. The number of likely N-dealkylation sites (N-methyl/N-ethyl adjacent to an activating group) is 1. The highest BCUT2D eigenvalue weighted by molar-refractivity contribution is 5.00. The van der Waals surface area contributed by atoms with Crippen molar-refractivity contribution in [1.82, 2.24) is 5.32 Å². The molecule has 0 spiro atoms. The van der Waals surface area contributed by atoms with Gasteiger partial charge in [0.15, 0.2) is 0 Å². The Hall–Kier alpha value is -0.160. The maximum absolute atomic E-state index is 9.51. The first-order chi connectivity index (χ1) is 7.80. The smallest absolute Gasteiger partial charge is 0.0676 e. The van der Waals surface area contributed by atoms with Crippen LogP contribution in [0.1, 0.15) is 19.3 Å². The molecule has 1 aliphatic heterocycles. The minimum absolute atomic E-state index is 0.162. The van der Waals surface area contributed by atoms with E-state index in [1.807, 2.05) is 7.05 Å². The van der Waals surface area contributed by atoms with Crippen molar-refractivity contribution in [2.75, 3.05) is 40.1 Å². The molecule has 0 aromatic carbocycles. The Morgan fingerprint density at radius 1 is 1.44 bits per heavy atom. The van der Waals surface area contributed by atoms with Crippen molar-refractivity contribution < 1.29 is 14.6 Å². The summed E-state index contributed by atoms with van der Waals surface area (Å²) in [6.45, 7) is 3.23. The summed E-state index contributed by atoms with van der Waals surface area (Å²) >= 11 is 0. The van der Waals surface area contributed by atoms with E-state index in [9.17, 15) is 5.11 Å². The Morgan fingerprint density at radius 3 is 2.75 bits per heavy atom. The number of hydrogen-bond acceptors (Lipinski definition) is 4. The van der Waals surface area contributed by atoms with Crippen LogP contribution >= 0.6 is 0 Å². The zero-order chi connectivity index (χ0) is 11.4. The van der Waals surface area contributed by atoms with Crippen molar-refractivity contribution >= 4 is 0 Å². The summed E-state index contributed by atoms with van der Waals surface area (Å²) in [7, 11) is 1.91. The van der Waals surface area contributed by atoms with Crippen molar-refractivity contribution in [1.29, 1.82) is 0 Å². The first kappa shape index (κ1) is 12.3. The largest absolute Gasteiger partial charge is 0.394 e. The zero-order valence-electron chi connectivity index (χ0n) is 10.1. The lowest BCUT2D eigenvalue weighted by atomic mass is 9.95. The number of ether oxygens (including phenoxy) is 2. The van der Waals surface area contributed by atoms with Crippen LogP contribution in [0.25, 0.3) is 0 Å². The van der Waals surface area contributed by atoms with E-state index in [0.717, 1.165) is 26.2 Å². The van der Waals surface area contributed by atoms with Crippen LogP contribution in [-0.4, -0.2) is 50.7 Å². The van der Waals surface area contributed by atoms with Crippen molar-refractivity contribution in [3.05, 3.63) is 0 Å². The standard InChI is InChI=1S/C12H23NO3/c1-13-12(8-14,11-2-3-11)9-16-7-10-4-5-15-6-10/h10-11,13-14H,2-9H2,1H3. The molecule has 1 saturated heterocycles. The average Bonchev–Trinajstić information content (AvgIpc) is 3.04. The van der Waals surface area contributed by atoms with E-state index in [2.05, 4.69) is 5.32 Å². The maximum Gasteiger partial charge on any atom is 0.0676 e. The number of hydrogen-bond donors (Lipinski definition) is 2. The average molecular weight is 229 g/mol. The molecule has 1 heterocycles. The third-order valence-electron chi connectivity index (χ3n) is 3.88. The molecule has 2 aliphatic rings. The SMILES string of the molecule is CNC(CO)(COCC1CCOC1)C1CC1. The van der Waals surface area contributed by atoms with E-state index in [0.29, 0.717) is 18.4 Å². The van der Waals surface area contributed by atoms with E-state index in [1.54, 1.807) is 0 Å². The molecule has 4 heteroatoms. The van der Waals surface area contributed by atoms with Crippen molar-refractivity contribution in [3.8, 4) is 0 Å². The van der Waals surface area contributed by atoms with Gasteiger partial charge in [0.2, 0.25) is 0 Å². The van der Waals surface area contributed by atoms with Gasteiger partial charge in [-0.25, -0.2) is 0 Å². The van der Waals surface area contributed by atoms with Crippen molar-refractivity contribution in [3.63, 3.8) is 0 Å². The summed E-state index contributed by atoms with van der Waals surface area (Å²) < 4.78 is 11.1. The molecule has 16 heavy (non-hydrogen) atoms. The van der Waals surface area contributed by atoms with Gasteiger partial charge in [-0.2, -0.15) is 0 Å². The normalized spacial score (nSPS) is 29.2. The second kappa shape index (κ2) is 5.45. The molecular weight excluding hydrogens is 206 g/mol. The van der Waals surface area contributed by atoms with Gasteiger partial charge in [0, 0.05) is 12.5 Å². The van der Waals surface area contributed by atoms with Crippen LogP contribution in [0, 0.1) is 11.8 Å².